The van der Waals surface area contributed by atoms with E-state index in [0.717, 1.165) is 45.4 Å². The number of aromatic amines is 1. The van der Waals surface area contributed by atoms with Gasteiger partial charge < -0.3 is 10.2 Å². The molecule has 2 atom stereocenters. The van der Waals surface area contributed by atoms with Gasteiger partial charge in [-0.15, -0.1) is 15.3 Å². The first-order valence-corrected chi connectivity index (χ1v) is 11.5. The van der Waals surface area contributed by atoms with Crippen LogP contribution in [-0.2, 0) is 0 Å². The molecule has 0 amide bonds. The van der Waals surface area contributed by atoms with Crippen LogP contribution in [0.3, 0.4) is 0 Å². The minimum absolute atomic E-state index is 0.454. The second-order valence-corrected chi connectivity index (χ2v) is 9.22. The predicted octanol–water partition coefficient (Wildman–Crippen LogP) is 3.04. The molecule has 0 radical (unpaired) electrons. The van der Waals surface area contributed by atoms with Crippen molar-refractivity contribution in [1.82, 2.24) is 40.3 Å². The zero-order chi connectivity index (χ0) is 20.8. The molecule has 5 heterocycles. The van der Waals surface area contributed by atoms with Crippen LogP contribution in [0.15, 0.2) is 30.7 Å². The summed E-state index contributed by atoms with van der Waals surface area (Å²) in [6.07, 6.45) is 11.6. The van der Waals surface area contributed by atoms with E-state index in [-0.39, 0.29) is 0 Å². The Hall–Kier alpha value is -2.98. The Bertz CT molecular complexity index is 1180. The standard InChI is InChI=1S/C21H23N9S/c1-30(15-7-13-3-2-4-14(8-15)25-13)21-22-11-18(26-28-21)17-6-5-16(12-9-23-24-10-12)19-20(17)31-29-27-19/h5-6,9-11,13-15,25H,2-4,7-8H2,1H3,(H,23,24)/t13-,14-/m0/s1. The maximum atomic E-state index is 4.67. The van der Waals surface area contributed by atoms with Crippen molar-refractivity contribution in [1.29, 1.82) is 0 Å². The molecule has 0 spiro atoms. The summed E-state index contributed by atoms with van der Waals surface area (Å²) in [5.41, 5.74) is 4.50. The van der Waals surface area contributed by atoms with Gasteiger partial charge in [-0.3, -0.25) is 5.10 Å². The fourth-order valence-electron chi connectivity index (χ4n) is 4.97. The van der Waals surface area contributed by atoms with Crippen molar-refractivity contribution in [3.05, 3.63) is 30.7 Å². The van der Waals surface area contributed by atoms with Gasteiger partial charge in [0.05, 0.1) is 17.1 Å². The lowest BCUT2D eigenvalue weighted by Crippen LogP contribution is -2.54. The van der Waals surface area contributed by atoms with Crippen molar-refractivity contribution in [3.63, 3.8) is 0 Å². The van der Waals surface area contributed by atoms with Gasteiger partial charge in [-0.25, -0.2) is 4.98 Å². The van der Waals surface area contributed by atoms with Gasteiger partial charge in [0.25, 0.3) is 0 Å². The summed E-state index contributed by atoms with van der Waals surface area (Å²) in [6.45, 7) is 0. The summed E-state index contributed by atoms with van der Waals surface area (Å²) in [7, 11) is 2.09. The molecule has 9 nitrogen and oxygen atoms in total. The number of nitrogens with zero attached hydrogens (tertiary/aromatic N) is 7. The zero-order valence-electron chi connectivity index (χ0n) is 17.2. The largest absolute Gasteiger partial charge is 0.339 e. The third-order valence-corrected chi connectivity index (χ3v) is 7.35. The fraction of sp³-hybridized carbons (Fsp3) is 0.429. The Morgan fingerprint density at radius 2 is 1.87 bits per heavy atom. The number of rotatable bonds is 4. The zero-order valence-corrected chi connectivity index (χ0v) is 18.0. The van der Waals surface area contributed by atoms with Crippen molar-refractivity contribution in [2.24, 2.45) is 0 Å². The molecule has 2 N–H and O–H groups in total. The van der Waals surface area contributed by atoms with Crippen LogP contribution in [-0.4, -0.2) is 60.1 Å². The average molecular weight is 434 g/mol. The Kier molecular flexibility index (Phi) is 4.61. The van der Waals surface area contributed by atoms with Crippen LogP contribution in [0.25, 0.3) is 32.6 Å². The van der Waals surface area contributed by atoms with Gasteiger partial charge in [0.15, 0.2) is 0 Å². The monoisotopic (exact) mass is 433 g/mol. The molecule has 0 saturated carbocycles. The van der Waals surface area contributed by atoms with Gasteiger partial charge in [-0.1, -0.05) is 23.0 Å². The van der Waals surface area contributed by atoms with Crippen molar-refractivity contribution in [2.75, 3.05) is 11.9 Å². The van der Waals surface area contributed by atoms with Crippen LogP contribution in [0.4, 0.5) is 5.95 Å². The number of benzene rings is 1. The van der Waals surface area contributed by atoms with Crippen LogP contribution in [0, 0.1) is 0 Å². The van der Waals surface area contributed by atoms with E-state index >= 15 is 0 Å². The quantitative estimate of drug-likeness (QED) is 0.506. The van der Waals surface area contributed by atoms with Gasteiger partial charge in [-0.05, 0) is 37.2 Å². The van der Waals surface area contributed by atoms with Crippen LogP contribution in [0.5, 0.6) is 0 Å². The normalized spacial score (nSPS) is 23.2. The molecular weight excluding hydrogens is 410 g/mol. The molecule has 2 bridgehead atoms. The second-order valence-electron chi connectivity index (χ2n) is 8.47. The third-order valence-electron chi connectivity index (χ3n) is 6.59. The number of piperidine rings is 2. The average Bonchev–Trinajstić information content (AvgIpc) is 3.50. The van der Waals surface area contributed by atoms with Gasteiger partial charge in [-0.2, -0.15) is 5.10 Å². The highest BCUT2D eigenvalue weighted by Gasteiger charge is 2.33. The lowest BCUT2D eigenvalue weighted by Gasteiger charge is -2.43. The molecule has 2 saturated heterocycles. The number of nitrogens with one attached hydrogen (secondary N) is 2. The summed E-state index contributed by atoms with van der Waals surface area (Å²) in [4.78, 5) is 6.87. The van der Waals surface area contributed by atoms with E-state index in [4.69, 9.17) is 0 Å². The van der Waals surface area contributed by atoms with Crippen LogP contribution < -0.4 is 10.2 Å². The van der Waals surface area contributed by atoms with Gasteiger partial charge >= 0.3 is 0 Å². The first-order valence-electron chi connectivity index (χ1n) is 10.7. The highest BCUT2D eigenvalue weighted by atomic mass is 32.1. The summed E-state index contributed by atoms with van der Waals surface area (Å²) < 4.78 is 5.15. The molecule has 0 aliphatic carbocycles. The van der Waals surface area contributed by atoms with E-state index in [1.54, 1.807) is 6.20 Å². The van der Waals surface area contributed by atoms with Gasteiger partial charge in [0.2, 0.25) is 5.95 Å². The first-order chi connectivity index (χ1) is 15.3. The Morgan fingerprint density at radius 3 is 2.61 bits per heavy atom. The van der Waals surface area contributed by atoms with E-state index in [0.29, 0.717) is 24.1 Å². The molecule has 1 aromatic carbocycles. The van der Waals surface area contributed by atoms with Crippen molar-refractivity contribution in [3.8, 4) is 22.4 Å². The fourth-order valence-corrected chi connectivity index (χ4v) is 5.68. The lowest BCUT2D eigenvalue weighted by molar-refractivity contribution is 0.218. The number of aromatic nitrogens is 7. The van der Waals surface area contributed by atoms with Gasteiger partial charge in [0.1, 0.15) is 11.2 Å². The summed E-state index contributed by atoms with van der Waals surface area (Å²) in [5, 5.41) is 24.0. The Balaban J connectivity index is 1.28. The van der Waals surface area contributed by atoms with Crippen LogP contribution in [0.1, 0.15) is 32.1 Å². The highest BCUT2D eigenvalue weighted by Crippen LogP contribution is 2.35. The molecule has 0 unspecified atom stereocenters. The number of hydrogen-bond donors (Lipinski definition) is 2. The van der Waals surface area contributed by atoms with Crippen LogP contribution in [0.2, 0.25) is 0 Å². The molecule has 10 heteroatoms. The molecule has 2 fully saturated rings. The van der Waals surface area contributed by atoms with E-state index in [1.807, 2.05) is 24.5 Å². The molecule has 3 aromatic heterocycles. The minimum atomic E-state index is 0.454. The van der Waals surface area contributed by atoms with Crippen molar-refractivity contribution in [2.45, 2.75) is 50.2 Å². The van der Waals surface area contributed by atoms with E-state index in [1.165, 1.54) is 30.8 Å². The number of hydrogen-bond acceptors (Lipinski definition) is 9. The smallest absolute Gasteiger partial charge is 0.245 e. The molecule has 2 aliphatic rings. The van der Waals surface area contributed by atoms with Crippen molar-refractivity contribution >= 4 is 27.7 Å². The molecule has 158 valence electrons. The van der Waals surface area contributed by atoms with Gasteiger partial charge in [0, 0.05) is 48.1 Å². The summed E-state index contributed by atoms with van der Waals surface area (Å²) in [5.74, 6) is 0.683. The van der Waals surface area contributed by atoms with E-state index in [2.05, 4.69) is 52.2 Å². The van der Waals surface area contributed by atoms with E-state index in [9.17, 15) is 0 Å². The van der Waals surface area contributed by atoms with Crippen molar-refractivity contribution < 1.29 is 0 Å². The minimum Gasteiger partial charge on any atom is -0.339 e. The Morgan fingerprint density at radius 1 is 1.03 bits per heavy atom. The van der Waals surface area contributed by atoms with E-state index < -0.39 is 0 Å². The number of fused-ring (bicyclic) bond motifs is 3. The Labute approximate surface area is 183 Å². The lowest BCUT2D eigenvalue weighted by atomic mass is 9.83. The summed E-state index contributed by atoms with van der Waals surface area (Å²) in [6, 6.07) is 5.75. The molecule has 31 heavy (non-hydrogen) atoms. The number of anilines is 1. The molecule has 4 aromatic rings. The topological polar surface area (TPSA) is 108 Å². The molecular formula is C21H23N9S. The van der Waals surface area contributed by atoms with Crippen LogP contribution >= 0.6 is 11.5 Å². The maximum absolute atomic E-state index is 4.67. The SMILES string of the molecule is CN(c1ncc(-c2ccc(-c3cn[nH]c3)c3nnsc23)nn1)C1C[C@@H]2CCC[C@@H](C1)N2. The summed E-state index contributed by atoms with van der Waals surface area (Å²) >= 11 is 1.36. The highest BCUT2D eigenvalue weighted by molar-refractivity contribution is 7.13. The third kappa shape index (κ3) is 3.35. The predicted molar refractivity (Wildman–Crippen MR) is 120 cm³/mol. The molecule has 2 aliphatic heterocycles. The number of H-pyrrole nitrogens is 1. The first kappa shape index (κ1) is 18.8. The second kappa shape index (κ2) is 7.61. The molecule has 6 rings (SSSR count). The maximum Gasteiger partial charge on any atom is 0.245 e.